The highest BCUT2D eigenvalue weighted by atomic mass is 19.1. The highest BCUT2D eigenvalue weighted by molar-refractivity contribution is 6.32. The highest BCUT2D eigenvalue weighted by Crippen LogP contribution is 2.30. The van der Waals surface area contributed by atoms with Gasteiger partial charge in [0.25, 0.3) is 0 Å². The molecule has 4 rings (SSSR count). The first-order chi connectivity index (χ1) is 13.1. The molecule has 130 valence electrons. The fourth-order valence-electron chi connectivity index (χ4n) is 3.20. The molecule has 3 heteroatoms. The van der Waals surface area contributed by atoms with E-state index in [2.05, 4.69) is 0 Å². The predicted molar refractivity (Wildman–Crippen MR) is 111 cm³/mol. The molecule has 0 unspecified atom stereocenters. The van der Waals surface area contributed by atoms with Crippen molar-refractivity contribution in [3.8, 4) is 33.4 Å². The van der Waals surface area contributed by atoms with Crippen molar-refractivity contribution in [1.29, 1.82) is 0 Å². The average molecular weight is 354 g/mol. The Hall–Kier alpha value is -3.20. The van der Waals surface area contributed by atoms with Gasteiger partial charge < -0.3 is 0 Å². The second kappa shape index (κ2) is 7.20. The summed E-state index contributed by atoms with van der Waals surface area (Å²) in [6, 6.07) is 27.2. The van der Waals surface area contributed by atoms with Crippen molar-refractivity contribution in [2.45, 2.75) is 0 Å². The van der Waals surface area contributed by atoms with Gasteiger partial charge in [0.1, 0.15) is 19.5 Å². The number of benzene rings is 4. The lowest BCUT2D eigenvalue weighted by molar-refractivity contribution is 0.631. The van der Waals surface area contributed by atoms with Gasteiger partial charge in [-0.25, -0.2) is 8.78 Å². The van der Waals surface area contributed by atoms with Gasteiger partial charge in [-0.05, 0) is 34.4 Å². The Balaban J connectivity index is 1.65. The molecule has 27 heavy (non-hydrogen) atoms. The van der Waals surface area contributed by atoms with Crippen molar-refractivity contribution in [2.24, 2.45) is 0 Å². The maximum Gasteiger partial charge on any atom is 0.139 e. The number of halogens is 2. The summed E-state index contributed by atoms with van der Waals surface area (Å²) < 4.78 is 28.7. The molecule has 0 aliphatic heterocycles. The molecular weight excluding hydrogens is 337 g/mol. The molecule has 0 radical (unpaired) electrons. The van der Waals surface area contributed by atoms with Crippen LogP contribution in [0, 0.1) is 11.6 Å². The Morgan fingerprint density at radius 3 is 1.59 bits per heavy atom. The van der Waals surface area contributed by atoms with Crippen LogP contribution >= 0.6 is 0 Å². The molecule has 0 aromatic heterocycles. The van der Waals surface area contributed by atoms with Crippen LogP contribution in [0.15, 0.2) is 91.0 Å². The molecule has 0 aliphatic rings. The molecule has 0 spiro atoms. The monoisotopic (exact) mass is 354 g/mol. The van der Waals surface area contributed by atoms with E-state index in [0.29, 0.717) is 11.1 Å². The summed E-state index contributed by atoms with van der Waals surface area (Å²) in [5, 5.41) is 0. The van der Waals surface area contributed by atoms with Crippen LogP contribution in [-0.2, 0) is 0 Å². The summed E-state index contributed by atoms with van der Waals surface area (Å²) in [6.45, 7) is 0. The van der Waals surface area contributed by atoms with Crippen LogP contribution in [0.25, 0.3) is 33.4 Å². The zero-order valence-electron chi connectivity index (χ0n) is 14.9. The van der Waals surface area contributed by atoms with E-state index in [1.165, 1.54) is 11.5 Å². The minimum Gasteiger partial charge on any atom is -0.206 e. The van der Waals surface area contributed by atoms with Gasteiger partial charge in [-0.1, -0.05) is 84.3 Å². The summed E-state index contributed by atoms with van der Waals surface area (Å²) in [6.07, 6.45) is 0. The summed E-state index contributed by atoms with van der Waals surface area (Å²) in [5.41, 5.74) is 5.62. The van der Waals surface area contributed by atoms with E-state index in [4.69, 9.17) is 0 Å². The largest absolute Gasteiger partial charge is 0.206 e. The smallest absolute Gasteiger partial charge is 0.139 e. The van der Waals surface area contributed by atoms with Crippen molar-refractivity contribution in [3.63, 3.8) is 0 Å². The van der Waals surface area contributed by atoms with Crippen LogP contribution in [0.1, 0.15) is 0 Å². The lowest BCUT2D eigenvalue weighted by Crippen LogP contribution is -1.99. The zero-order chi connectivity index (χ0) is 18.8. The van der Waals surface area contributed by atoms with E-state index in [9.17, 15) is 8.78 Å². The minimum absolute atomic E-state index is 0.265. The Bertz CT molecular complexity index is 1080. The normalized spacial score (nSPS) is 10.7. The quantitative estimate of drug-likeness (QED) is 0.442. The van der Waals surface area contributed by atoms with Gasteiger partial charge in [0.15, 0.2) is 0 Å². The van der Waals surface area contributed by atoms with Gasteiger partial charge in [0, 0.05) is 11.1 Å². The van der Waals surface area contributed by atoms with Gasteiger partial charge in [-0.2, -0.15) is 0 Å². The van der Waals surface area contributed by atoms with Crippen LogP contribution < -0.4 is 5.46 Å². The Labute approximate surface area is 158 Å². The first-order valence-corrected chi connectivity index (χ1v) is 8.84. The molecule has 0 amide bonds. The van der Waals surface area contributed by atoms with E-state index in [1.54, 1.807) is 30.3 Å². The lowest BCUT2D eigenvalue weighted by Gasteiger charge is -2.09. The molecule has 0 heterocycles. The first kappa shape index (κ1) is 17.2. The second-order valence-electron chi connectivity index (χ2n) is 6.62. The van der Waals surface area contributed by atoms with E-state index >= 15 is 0 Å². The van der Waals surface area contributed by atoms with Gasteiger partial charge in [-0.3, -0.25) is 0 Å². The highest BCUT2D eigenvalue weighted by Gasteiger charge is 2.09. The first-order valence-electron chi connectivity index (χ1n) is 8.84. The Kier molecular flexibility index (Phi) is 4.60. The molecule has 0 atom stereocenters. The zero-order valence-corrected chi connectivity index (χ0v) is 14.9. The van der Waals surface area contributed by atoms with Gasteiger partial charge >= 0.3 is 0 Å². The minimum atomic E-state index is -0.272. The second-order valence-corrected chi connectivity index (χ2v) is 6.62. The average Bonchev–Trinajstić information content (AvgIpc) is 2.69. The number of hydrogen-bond acceptors (Lipinski definition) is 0. The van der Waals surface area contributed by atoms with Crippen molar-refractivity contribution in [2.75, 3.05) is 0 Å². The lowest BCUT2D eigenvalue weighted by atomic mass is 9.93. The molecular formula is C24H17BF2. The molecule has 0 N–H and O–H groups in total. The van der Waals surface area contributed by atoms with Crippen LogP contribution in [-0.4, -0.2) is 7.85 Å². The van der Waals surface area contributed by atoms with Crippen LogP contribution in [0.5, 0.6) is 0 Å². The van der Waals surface area contributed by atoms with Gasteiger partial charge in [-0.15, -0.1) is 0 Å². The van der Waals surface area contributed by atoms with E-state index in [0.717, 1.165) is 22.3 Å². The molecule has 0 saturated heterocycles. The molecule has 0 bridgehead atoms. The van der Waals surface area contributed by atoms with Crippen LogP contribution in [0.4, 0.5) is 8.78 Å². The topological polar surface area (TPSA) is 0 Å². The Morgan fingerprint density at radius 1 is 0.481 bits per heavy atom. The fourth-order valence-corrected chi connectivity index (χ4v) is 3.20. The van der Waals surface area contributed by atoms with E-state index in [1.807, 2.05) is 62.4 Å². The maximum absolute atomic E-state index is 14.7. The third kappa shape index (κ3) is 3.54. The molecule has 0 nitrogen and oxygen atoms in total. The summed E-state index contributed by atoms with van der Waals surface area (Å²) >= 11 is 0. The van der Waals surface area contributed by atoms with Gasteiger partial charge in [0.2, 0.25) is 0 Å². The summed E-state index contributed by atoms with van der Waals surface area (Å²) in [5.74, 6) is -0.536. The molecule has 0 aliphatic carbocycles. The molecule has 0 saturated carbocycles. The SMILES string of the molecule is Bc1ccc(-c2ccc(-c3ccc(-c4ccccc4F)cc3)c(F)c2)cc1. The standard InChI is InChI=1S/C24H17BF2/c25-20-12-9-16(10-13-20)19-11-14-22(24(27)15-19)18-7-5-17(6-8-18)21-3-1-2-4-23(21)26/h1-15H,25H2. The number of rotatable bonds is 3. The van der Waals surface area contributed by atoms with Crippen molar-refractivity contribution in [3.05, 3.63) is 103 Å². The molecule has 4 aromatic carbocycles. The van der Waals surface area contributed by atoms with Crippen molar-refractivity contribution in [1.82, 2.24) is 0 Å². The van der Waals surface area contributed by atoms with Crippen LogP contribution in [0.2, 0.25) is 0 Å². The third-order valence-corrected chi connectivity index (χ3v) is 4.73. The summed E-state index contributed by atoms with van der Waals surface area (Å²) in [4.78, 5) is 0. The summed E-state index contributed by atoms with van der Waals surface area (Å²) in [7, 11) is 2.03. The maximum atomic E-state index is 14.7. The van der Waals surface area contributed by atoms with E-state index in [-0.39, 0.29) is 11.6 Å². The third-order valence-electron chi connectivity index (χ3n) is 4.73. The van der Waals surface area contributed by atoms with E-state index < -0.39 is 0 Å². The van der Waals surface area contributed by atoms with Crippen LogP contribution in [0.3, 0.4) is 0 Å². The van der Waals surface area contributed by atoms with Gasteiger partial charge in [0.05, 0.1) is 0 Å². The van der Waals surface area contributed by atoms with Crippen molar-refractivity contribution >= 4 is 13.3 Å². The van der Waals surface area contributed by atoms with Crippen molar-refractivity contribution < 1.29 is 8.78 Å². The Morgan fingerprint density at radius 2 is 1.00 bits per heavy atom. The predicted octanol–water partition coefficient (Wildman–Crippen LogP) is 5.22. The number of hydrogen-bond donors (Lipinski definition) is 0. The molecule has 0 fully saturated rings. The fraction of sp³-hybridized carbons (Fsp3) is 0. The molecule has 4 aromatic rings.